The van der Waals surface area contributed by atoms with E-state index in [-0.39, 0.29) is 6.10 Å². The van der Waals surface area contributed by atoms with Gasteiger partial charge in [0, 0.05) is 33.6 Å². The van der Waals surface area contributed by atoms with E-state index in [9.17, 15) is 9.90 Å². The summed E-state index contributed by atoms with van der Waals surface area (Å²) < 4.78 is 5.97. The van der Waals surface area contributed by atoms with Gasteiger partial charge in [-0.3, -0.25) is 4.98 Å². The monoisotopic (exact) mass is 416 g/mol. The third kappa shape index (κ3) is 5.10. The zero-order chi connectivity index (χ0) is 16.9. The summed E-state index contributed by atoms with van der Waals surface area (Å²) in [6, 6.07) is 1.88. The molecular weight excluding hydrogens is 395 g/mol. The number of allylic oxidation sites excluding steroid dienone is 2. The number of nitrogens with one attached hydrogen (secondary N) is 1. The topological polar surface area (TPSA) is 71.5 Å². The highest BCUT2D eigenvalue weighted by molar-refractivity contribution is 14.1. The first-order valence-electron chi connectivity index (χ1n) is 6.86. The molecule has 5 nitrogen and oxygen atoms in total. The van der Waals surface area contributed by atoms with Gasteiger partial charge in [-0.15, -0.1) is 0 Å². The molecule has 1 aromatic rings. The lowest BCUT2D eigenvalue weighted by Gasteiger charge is -2.13. The fourth-order valence-corrected chi connectivity index (χ4v) is 2.66. The van der Waals surface area contributed by atoms with E-state index in [1.165, 1.54) is 7.05 Å². The number of aliphatic hydroxyl groups is 1. The van der Waals surface area contributed by atoms with E-state index in [0.29, 0.717) is 0 Å². The van der Waals surface area contributed by atoms with Crippen LogP contribution in [-0.2, 0) is 4.74 Å². The molecule has 0 spiro atoms. The van der Waals surface area contributed by atoms with Gasteiger partial charge in [-0.1, -0.05) is 6.58 Å². The van der Waals surface area contributed by atoms with Gasteiger partial charge in [0.15, 0.2) is 0 Å². The molecule has 0 aromatic carbocycles. The molecule has 0 aliphatic heterocycles. The van der Waals surface area contributed by atoms with E-state index in [2.05, 4.69) is 39.5 Å². The lowest BCUT2D eigenvalue weighted by molar-refractivity contribution is 0.129. The number of ether oxygens (including phenoxy) is 1. The van der Waals surface area contributed by atoms with Gasteiger partial charge < -0.3 is 15.2 Å². The maximum absolute atomic E-state index is 11.2. The van der Waals surface area contributed by atoms with Crippen molar-refractivity contribution >= 4 is 34.3 Å². The molecule has 2 N–H and O–H groups in total. The standard InChI is InChI=1S/C16H21IN2O3/c1-9(22-16(21)18-5)6-15(17)10(2)13-7-14(12(4)20)11(3)19-8-13/h6-9,12,20H,2H2,1,3-5H3,(H,18,21)/b15-6+/t9-,12?/m1/s1. The maximum atomic E-state index is 11.2. The minimum absolute atomic E-state index is 0.377. The number of alkyl carbamates (subject to hydrolysis) is 1. The third-order valence-electron chi connectivity index (χ3n) is 3.09. The zero-order valence-electron chi connectivity index (χ0n) is 13.2. The second kappa shape index (κ2) is 8.28. The molecule has 1 aromatic heterocycles. The Balaban J connectivity index is 2.95. The summed E-state index contributed by atoms with van der Waals surface area (Å²) in [5.41, 5.74) is 3.16. The van der Waals surface area contributed by atoms with Crippen molar-refractivity contribution in [1.29, 1.82) is 0 Å². The van der Waals surface area contributed by atoms with Crippen LogP contribution in [0.2, 0.25) is 0 Å². The van der Waals surface area contributed by atoms with Crippen LogP contribution in [0.3, 0.4) is 0 Å². The molecular formula is C16H21IN2O3. The zero-order valence-corrected chi connectivity index (χ0v) is 15.3. The Labute approximate surface area is 144 Å². The quantitative estimate of drug-likeness (QED) is 0.569. The number of hydrogen-bond acceptors (Lipinski definition) is 4. The fraction of sp³-hybridized carbons (Fsp3) is 0.375. The molecule has 120 valence electrons. The Kier molecular flexibility index (Phi) is 7.02. The molecule has 0 aliphatic rings. The first-order valence-corrected chi connectivity index (χ1v) is 7.94. The van der Waals surface area contributed by atoms with E-state index in [0.717, 1.165) is 26.0 Å². The largest absolute Gasteiger partial charge is 0.442 e. The Morgan fingerprint density at radius 2 is 2.18 bits per heavy atom. The number of aryl methyl sites for hydroxylation is 1. The van der Waals surface area contributed by atoms with E-state index in [1.54, 1.807) is 26.1 Å². The summed E-state index contributed by atoms with van der Waals surface area (Å²) in [4.78, 5) is 15.5. The van der Waals surface area contributed by atoms with Crippen LogP contribution in [0, 0.1) is 6.92 Å². The average Bonchev–Trinajstić information content (AvgIpc) is 2.46. The molecule has 0 bridgehead atoms. The van der Waals surface area contributed by atoms with Crippen LogP contribution in [0.4, 0.5) is 4.79 Å². The van der Waals surface area contributed by atoms with E-state index < -0.39 is 12.2 Å². The molecule has 2 atom stereocenters. The van der Waals surface area contributed by atoms with Crippen molar-refractivity contribution in [2.75, 3.05) is 7.05 Å². The van der Waals surface area contributed by atoms with Crippen molar-refractivity contribution in [3.8, 4) is 0 Å². The van der Waals surface area contributed by atoms with Crippen molar-refractivity contribution in [2.45, 2.75) is 33.0 Å². The van der Waals surface area contributed by atoms with Crippen LogP contribution >= 0.6 is 22.6 Å². The summed E-state index contributed by atoms with van der Waals surface area (Å²) >= 11 is 2.14. The molecule has 22 heavy (non-hydrogen) atoms. The van der Waals surface area contributed by atoms with Crippen molar-refractivity contribution in [2.24, 2.45) is 0 Å². The first kappa shape index (κ1) is 18.6. The Bertz CT molecular complexity index is 597. The number of rotatable bonds is 5. The predicted molar refractivity (Wildman–Crippen MR) is 95.7 cm³/mol. The number of aliphatic hydroxyl groups excluding tert-OH is 1. The second-order valence-corrected chi connectivity index (χ2v) is 6.09. The highest BCUT2D eigenvalue weighted by atomic mass is 127. The molecule has 1 unspecified atom stereocenters. The number of carbonyl (C=O) groups excluding carboxylic acids is 1. The molecule has 0 saturated heterocycles. The van der Waals surface area contributed by atoms with Crippen LogP contribution in [0.15, 0.2) is 28.5 Å². The minimum Gasteiger partial charge on any atom is -0.442 e. The molecule has 0 saturated carbocycles. The third-order valence-corrected chi connectivity index (χ3v) is 4.10. The van der Waals surface area contributed by atoms with Crippen molar-refractivity contribution in [3.63, 3.8) is 0 Å². The summed E-state index contributed by atoms with van der Waals surface area (Å²) in [6.07, 6.45) is 2.09. The first-order chi connectivity index (χ1) is 10.3. The van der Waals surface area contributed by atoms with Gasteiger partial charge in [0.1, 0.15) is 6.10 Å². The van der Waals surface area contributed by atoms with Crippen LogP contribution in [0.5, 0.6) is 0 Å². The normalized spacial score (nSPS) is 14.2. The number of nitrogens with zero attached hydrogens (tertiary/aromatic N) is 1. The van der Waals surface area contributed by atoms with E-state index in [1.807, 2.05) is 13.0 Å². The van der Waals surface area contributed by atoms with Crippen molar-refractivity contribution < 1.29 is 14.6 Å². The van der Waals surface area contributed by atoms with Crippen molar-refractivity contribution in [3.05, 3.63) is 45.3 Å². The number of carbonyl (C=O) groups is 1. The smallest absolute Gasteiger partial charge is 0.407 e. The lowest BCUT2D eigenvalue weighted by atomic mass is 10.0. The number of halogens is 1. The summed E-state index contributed by atoms with van der Waals surface area (Å²) in [6.45, 7) is 9.39. The second-order valence-electron chi connectivity index (χ2n) is 4.93. The molecule has 6 heteroatoms. The minimum atomic E-state index is -0.586. The van der Waals surface area contributed by atoms with Gasteiger partial charge >= 0.3 is 6.09 Å². The van der Waals surface area contributed by atoms with E-state index in [4.69, 9.17) is 4.74 Å². The molecule has 1 heterocycles. The van der Waals surface area contributed by atoms with Gasteiger partial charge in [-0.25, -0.2) is 4.79 Å². The van der Waals surface area contributed by atoms with Gasteiger partial charge in [-0.2, -0.15) is 0 Å². The number of pyridine rings is 1. The van der Waals surface area contributed by atoms with Crippen LogP contribution in [-0.4, -0.2) is 29.3 Å². The summed E-state index contributed by atoms with van der Waals surface area (Å²) in [7, 11) is 1.51. The van der Waals surface area contributed by atoms with Gasteiger partial charge in [0.25, 0.3) is 0 Å². The van der Waals surface area contributed by atoms with E-state index >= 15 is 0 Å². The molecule has 0 radical (unpaired) electrons. The Morgan fingerprint density at radius 1 is 1.55 bits per heavy atom. The summed E-state index contributed by atoms with van der Waals surface area (Å²) in [5.74, 6) is 0. The van der Waals surface area contributed by atoms with Gasteiger partial charge in [0.05, 0.1) is 6.10 Å². The maximum Gasteiger partial charge on any atom is 0.407 e. The molecule has 0 aliphatic carbocycles. The number of hydrogen-bond donors (Lipinski definition) is 2. The van der Waals surface area contributed by atoms with Crippen LogP contribution in [0.25, 0.3) is 5.57 Å². The molecule has 1 rings (SSSR count). The van der Waals surface area contributed by atoms with Crippen molar-refractivity contribution in [1.82, 2.24) is 10.3 Å². The Morgan fingerprint density at radius 3 is 2.73 bits per heavy atom. The number of aromatic nitrogens is 1. The number of amides is 1. The fourth-order valence-electron chi connectivity index (χ4n) is 1.84. The molecule has 1 amide bonds. The Hall–Kier alpha value is -1.41. The lowest BCUT2D eigenvalue weighted by Crippen LogP contribution is -2.23. The summed E-state index contributed by atoms with van der Waals surface area (Å²) in [5, 5.41) is 12.2. The van der Waals surface area contributed by atoms with Crippen LogP contribution in [0.1, 0.15) is 36.8 Å². The average molecular weight is 416 g/mol. The van der Waals surface area contributed by atoms with Crippen LogP contribution < -0.4 is 5.32 Å². The molecule has 0 fully saturated rings. The SMILES string of the molecule is C=C(/C(I)=C\[C@@H](C)OC(=O)NC)c1cnc(C)c(C(C)O)c1. The highest BCUT2D eigenvalue weighted by Gasteiger charge is 2.12. The van der Waals surface area contributed by atoms with Gasteiger partial charge in [0.2, 0.25) is 0 Å². The highest BCUT2D eigenvalue weighted by Crippen LogP contribution is 2.29. The predicted octanol–water partition coefficient (Wildman–Crippen LogP) is 3.52. The van der Waals surface area contributed by atoms with Gasteiger partial charge in [-0.05, 0) is 61.1 Å².